The average Bonchev–Trinajstić information content (AvgIpc) is 3.61. The maximum Gasteiger partial charge on any atom is 0.433 e. The minimum absolute atomic E-state index is 0.0193. The van der Waals surface area contributed by atoms with Crippen molar-refractivity contribution in [2.45, 2.75) is 63.6 Å². The second-order valence-electron chi connectivity index (χ2n) is 10.9. The van der Waals surface area contributed by atoms with Gasteiger partial charge in [0.05, 0.1) is 4.88 Å². The molecule has 1 saturated carbocycles. The number of aromatic nitrogens is 3. The van der Waals surface area contributed by atoms with Crippen LogP contribution in [0.4, 0.5) is 24.8 Å². The normalized spacial score (nSPS) is 21.0. The van der Waals surface area contributed by atoms with Crippen LogP contribution in [0.5, 0.6) is 0 Å². The van der Waals surface area contributed by atoms with E-state index in [4.69, 9.17) is 0 Å². The number of aliphatic hydroxyl groups is 1. The minimum Gasteiger partial charge on any atom is -0.383 e. The number of anilines is 2. The van der Waals surface area contributed by atoms with Gasteiger partial charge in [-0.25, -0.2) is 15.0 Å². The van der Waals surface area contributed by atoms with Crippen molar-refractivity contribution in [3.8, 4) is 10.4 Å². The van der Waals surface area contributed by atoms with E-state index in [1.54, 1.807) is 18.3 Å². The average molecular weight is 603 g/mol. The fraction of sp³-hybridized carbons (Fsp3) is 0.483. The third-order valence-corrected chi connectivity index (χ3v) is 8.97. The molecule has 2 fully saturated rings. The van der Waals surface area contributed by atoms with Gasteiger partial charge in [0.25, 0.3) is 0 Å². The fourth-order valence-electron chi connectivity index (χ4n) is 5.46. The van der Waals surface area contributed by atoms with Gasteiger partial charge in [0.2, 0.25) is 17.8 Å². The molecule has 1 aliphatic heterocycles. The molecule has 3 aromatic rings. The van der Waals surface area contributed by atoms with Crippen molar-refractivity contribution in [1.82, 2.24) is 25.2 Å². The van der Waals surface area contributed by atoms with Crippen LogP contribution in [0.1, 0.15) is 61.2 Å². The first-order valence-corrected chi connectivity index (χ1v) is 14.9. The third-order valence-electron chi connectivity index (χ3n) is 7.73. The van der Waals surface area contributed by atoms with Crippen LogP contribution in [-0.4, -0.2) is 56.4 Å². The van der Waals surface area contributed by atoms with Gasteiger partial charge in [-0.2, -0.15) is 13.2 Å². The van der Waals surface area contributed by atoms with E-state index < -0.39 is 17.5 Å². The van der Waals surface area contributed by atoms with E-state index in [9.17, 15) is 27.9 Å². The van der Waals surface area contributed by atoms with E-state index in [1.165, 1.54) is 11.3 Å². The van der Waals surface area contributed by atoms with Gasteiger partial charge in [0.15, 0.2) is 0 Å². The third kappa shape index (κ3) is 7.06. The minimum atomic E-state index is -4.57. The predicted octanol–water partition coefficient (Wildman–Crippen LogP) is 5.18. The summed E-state index contributed by atoms with van der Waals surface area (Å²) in [4.78, 5) is 39.0. The van der Waals surface area contributed by atoms with Crippen molar-refractivity contribution in [3.63, 3.8) is 0 Å². The number of alkyl halides is 3. The van der Waals surface area contributed by atoms with Crippen LogP contribution in [0.3, 0.4) is 0 Å². The van der Waals surface area contributed by atoms with E-state index in [0.717, 1.165) is 47.7 Å². The highest BCUT2D eigenvalue weighted by Gasteiger charge is 2.39. The Kier molecular flexibility index (Phi) is 8.78. The Bertz CT molecular complexity index is 1440. The number of amides is 2. The van der Waals surface area contributed by atoms with E-state index in [2.05, 4.69) is 25.6 Å². The Hall–Kier alpha value is -3.58. The van der Waals surface area contributed by atoms with Gasteiger partial charge >= 0.3 is 6.18 Å². The molecule has 5 rings (SSSR count). The molecule has 2 amide bonds. The molecule has 1 aromatic carbocycles. The Morgan fingerprint density at radius 1 is 1.21 bits per heavy atom. The lowest BCUT2D eigenvalue weighted by Crippen LogP contribution is -2.39. The molecule has 9 nitrogen and oxygen atoms in total. The van der Waals surface area contributed by atoms with E-state index >= 15 is 0 Å². The second kappa shape index (κ2) is 12.3. The predicted molar refractivity (Wildman–Crippen MR) is 152 cm³/mol. The van der Waals surface area contributed by atoms with Crippen LogP contribution < -0.4 is 10.6 Å². The van der Waals surface area contributed by atoms with E-state index in [0.29, 0.717) is 55.9 Å². The van der Waals surface area contributed by atoms with Crippen LogP contribution in [-0.2, 0) is 21.4 Å². The zero-order valence-electron chi connectivity index (χ0n) is 23.2. The first kappa shape index (κ1) is 29.9. The summed E-state index contributed by atoms with van der Waals surface area (Å²) in [7, 11) is 0. The highest BCUT2D eigenvalue weighted by Crippen LogP contribution is 2.43. The number of carbonyl (C=O) groups excluding carboxylic acids is 2. The molecule has 0 radical (unpaired) electrons. The summed E-state index contributed by atoms with van der Waals surface area (Å²) in [5, 5.41) is 17.8. The summed E-state index contributed by atoms with van der Waals surface area (Å²) in [5.74, 6) is -0.179. The van der Waals surface area contributed by atoms with E-state index in [1.807, 2.05) is 17.9 Å². The summed E-state index contributed by atoms with van der Waals surface area (Å²) >= 11 is 1.36. The molecular weight excluding hydrogens is 569 g/mol. The molecule has 1 aliphatic carbocycles. The lowest BCUT2D eigenvalue weighted by atomic mass is 9.78. The Balaban J connectivity index is 1.18. The molecule has 0 bridgehead atoms. The van der Waals surface area contributed by atoms with Crippen molar-refractivity contribution in [2.75, 3.05) is 25.0 Å². The fourth-order valence-corrected chi connectivity index (χ4v) is 6.51. The van der Waals surface area contributed by atoms with E-state index in [-0.39, 0.29) is 23.7 Å². The molecule has 0 spiro atoms. The molecule has 2 aliphatic rings. The smallest absolute Gasteiger partial charge is 0.383 e. The maximum atomic E-state index is 13.1. The number of aryl methyl sites for hydroxylation is 1. The lowest BCUT2D eigenvalue weighted by molar-refractivity contribution is -0.141. The van der Waals surface area contributed by atoms with Crippen molar-refractivity contribution >= 4 is 34.8 Å². The first-order valence-electron chi connectivity index (χ1n) is 14.0. The molecule has 0 atom stereocenters. The summed E-state index contributed by atoms with van der Waals surface area (Å²) in [6.45, 7) is 3.85. The zero-order valence-corrected chi connectivity index (χ0v) is 24.0. The van der Waals surface area contributed by atoms with Gasteiger partial charge in [-0.05, 0) is 74.8 Å². The summed E-state index contributed by atoms with van der Waals surface area (Å²) in [6, 6.07) is 6.30. The van der Waals surface area contributed by atoms with Crippen molar-refractivity contribution in [1.29, 1.82) is 0 Å². The van der Waals surface area contributed by atoms with Crippen LogP contribution in [0, 0.1) is 12.8 Å². The number of nitrogens with one attached hydrogen (secondary N) is 2. The summed E-state index contributed by atoms with van der Waals surface area (Å²) < 4.78 is 39.2. The molecule has 13 heteroatoms. The summed E-state index contributed by atoms with van der Waals surface area (Å²) in [5.41, 5.74) is 0.0222. The van der Waals surface area contributed by atoms with Gasteiger partial charge in [-0.3, -0.25) is 9.59 Å². The van der Waals surface area contributed by atoms with Gasteiger partial charge in [0, 0.05) is 50.1 Å². The second-order valence-corrected chi connectivity index (χ2v) is 12.0. The molecule has 3 N–H and O–H groups in total. The topological polar surface area (TPSA) is 120 Å². The Morgan fingerprint density at radius 2 is 2.00 bits per heavy atom. The number of likely N-dealkylation sites (tertiary alicyclic amines) is 1. The van der Waals surface area contributed by atoms with Crippen molar-refractivity contribution < 1.29 is 27.9 Å². The molecular formula is C29H33F3N6O3S. The summed E-state index contributed by atoms with van der Waals surface area (Å²) in [6.07, 6.45) is 2.30. The molecule has 42 heavy (non-hydrogen) atoms. The lowest BCUT2D eigenvalue weighted by Gasteiger charge is -2.34. The largest absolute Gasteiger partial charge is 0.433 e. The molecule has 2 aromatic heterocycles. The van der Waals surface area contributed by atoms with Gasteiger partial charge in [-0.1, -0.05) is 6.07 Å². The standard InChI is InChI=1S/C29H33F3N6O3S/c1-18-14-20(16-21(15-18)36-27-34-11-7-23(37-27)29(30,31)32)22-17-35-26(42-22)28(41)8-5-19(6-9-28)25(40)33-10-3-13-38-12-2-4-24(38)39/h7,11,14-17,19,41H,2-6,8-10,12-13H2,1H3,(H,33,40)(H,34,36,37). The Morgan fingerprint density at radius 3 is 2.71 bits per heavy atom. The Labute approximate surface area is 245 Å². The maximum absolute atomic E-state index is 13.1. The molecule has 1 saturated heterocycles. The number of thiazole rings is 1. The SMILES string of the molecule is Cc1cc(Nc2nccc(C(F)(F)F)n2)cc(-c2cnc(C3(O)CCC(C(=O)NCCCN4CCCC4=O)CC3)s2)c1. The van der Waals surface area contributed by atoms with Crippen molar-refractivity contribution in [2.24, 2.45) is 5.92 Å². The number of halogens is 3. The number of nitrogens with zero attached hydrogens (tertiary/aromatic N) is 4. The monoisotopic (exact) mass is 602 g/mol. The quantitative estimate of drug-likeness (QED) is 0.289. The van der Waals surface area contributed by atoms with Crippen LogP contribution in [0.15, 0.2) is 36.7 Å². The number of hydrogen-bond acceptors (Lipinski definition) is 8. The van der Waals surface area contributed by atoms with Gasteiger partial charge in [0.1, 0.15) is 16.3 Å². The molecule has 3 heterocycles. The molecule has 0 unspecified atom stereocenters. The number of hydrogen-bond donors (Lipinski definition) is 3. The highest BCUT2D eigenvalue weighted by atomic mass is 32.1. The number of rotatable bonds is 9. The van der Waals surface area contributed by atoms with Crippen LogP contribution >= 0.6 is 11.3 Å². The first-order chi connectivity index (χ1) is 20.0. The van der Waals surface area contributed by atoms with Gasteiger partial charge < -0.3 is 20.6 Å². The van der Waals surface area contributed by atoms with Gasteiger partial charge in [-0.15, -0.1) is 11.3 Å². The number of benzene rings is 1. The number of carbonyl (C=O) groups is 2. The van der Waals surface area contributed by atoms with Crippen LogP contribution in [0.2, 0.25) is 0 Å². The zero-order chi connectivity index (χ0) is 29.9. The van der Waals surface area contributed by atoms with Crippen LogP contribution in [0.25, 0.3) is 10.4 Å². The van der Waals surface area contributed by atoms with Crippen molar-refractivity contribution in [3.05, 3.63) is 52.9 Å². The highest BCUT2D eigenvalue weighted by molar-refractivity contribution is 7.15. The molecule has 224 valence electrons.